The lowest BCUT2D eigenvalue weighted by atomic mass is 10.1. The van der Waals surface area contributed by atoms with Crippen LogP contribution in [0.25, 0.3) is 0 Å². The number of thiazole rings is 1. The summed E-state index contributed by atoms with van der Waals surface area (Å²) in [6, 6.07) is 10.1. The maximum absolute atomic E-state index is 12.7. The van der Waals surface area contributed by atoms with Gasteiger partial charge >= 0.3 is 0 Å². The second-order valence-electron chi connectivity index (χ2n) is 5.25. The van der Waals surface area contributed by atoms with E-state index < -0.39 is 0 Å². The van der Waals surface area contributed by atoms with Gasteiger partial charge in [-0.2, -0.15) is 0 Å². The van der Waals surface area contributed by atoms with Crippen LogP contribution in [0.15, 0.2) is 41.9 Å². The average Bonchev–Trinajstić information content (AvgIpc) is 3.20. The van der Waals surface area contributed by atoms with Gasteiger partial charge in [-0.3, -0.25) is 4.79 Å². The van der Waals surface area contributed by atoms with Crippen LogP contribution in [-0.4, -0.2) is 28.4 Å². The molecule has 1 aliphatic rings. The molecular formula is C16H19N3OS. The zero-order valence-corrected chi connectivity index (χ0v) is 12.7. The van der Waals surface area contributed by atoms with E-state index in [2.05, 4.69) is 22.4 Å². The predicted octanol–water partition coefficient (Wildman–Crippen LogP) is 2.42. The highest BCUT2D eigenvalue weighted by molar-refractivity contribution is 7.09. The van der Waals surface area contributed by atoms with Crippen molar-refractivity contribution in [2.75, 3.05) is 6.54 Å². The van der Waals surface area contributed by atoms with Crippen LogP contribution in [0, 0.1) is 0 Å². The minimum atomic E-state index is -0.0336. The molecule has 0 spiro atoms. The second kappa shape index (κ2) is 6.83. The van der Waals surface area contributed by atoms with Gasteiger partial charge in [0.25, 0.3) is 0 Å². The first-order valence-electron chi connectivity index (χ1n) is 7.27. The largest absolute Gasteiger partial charge is 0.330 e. The van der Waals surface area contributed by atoms with Crippen molar-refractivity contribution < 1.29 is 4.79 Å². The van der Waals surface area contributed by atoms with E-state index in [0.29, 0.717) is 13.1 Å². The fourth-order valence-electron chi connectivity index (χ4n) is 2.63. The van der Waals surface area contributed by atoms with E-state index in [1.54, 1.807) is 17.5 Å². The topological polar surface area (TPSA) is 45.2 Å². The fourth-order valence-corrected chi connectivity index (χ4v) is 3.26. The fraction of sp³-hybridized carbons (Fsp3) is 0.375. The van der Waals surface area contributed by atoms with E-state index >= 15 is 0 Å². The first kappa shape index (κ1) is 14.2. The van der Waals surface area contributed by atoms with Gasteiger partial charge in [-0.05, 0) is 24.9 Å². The van der Waals surface area contributed by atoms with Crippen LogP contribution in [0.5, 0.6) is 0 Å². The molecule has 0 saturated carbocycles. The van der Waals surface area contributed by atoms with Crippen molar-refractivity contribution in [3.05, 3.63) is 52.5 Å². The monoisotopic (exact) mass is 301 g/mol. The zero-order chi connectivity index (χ0) is 14.5. The summed E-state index contributed by atoms with van der Waals surface area (Å²) in [4.78, 5) is 18.9. The zero-order valence-electron chi connectivity index (χ0n) is 11.9. The van der Waals surface area contributed by atoms with Crippen molar-refractivity contribution in [1.82, 2.24) is 15.2 Å². The van der Waals surface area contributed by atoms with Crippen molar-refractivity contribution in [2.24, 2.45) is 0 Å². The lowest BCUT2D eigenvalue weighted by molar-refractivity contribution is -0.134. The molecule has 2 aromatic rings. The van der Waals surface area contributed by atoms with Gasteiger partial charge in [-0.15, -0.1) is 11.3 Å². The molecule has 1 saturated heterocycles. The Kier molecular flexibility index (Phi) is 4.62. The van der Waals surface area contributed by atoms with E-state index in [0.717, 1.165) is 30.0 Å². The van der Waals surface area contributed by atoms with Crippen LogP contribution in [0.1, 0.15) is 23.4 Å². The van der Waals surface area contributed by atoms with Gasteiger partial charge < -0.3 is 10.2 Å². The van der Waals surface area contributed by atoms with Gasteiger partial charge in [0.2, 0.25) is 5.91 Å². The summed E-state index contributed by atoms with van der Waals surface area (Å²) in [5, 5.41) is 6.23. The number of aromatic nitrogens is 1. The lowest BCUT2D eigenvalue weighted by Crippen LogP contribution is -2.42. The molecule has 1 unspecified atom stereocenters. The molecule has 1 N–H and O–H groups in total. The van der Waals surface area contributed by atoms with Gasteiger partial charge in [0.05, 0.1) is 12.6 Å². The van der Waals surface area contributed by atoms with E-state index in [-0.39, 0.29) is 11.9 Å². The second-order valence-corrected chi connectivity index (χ2v) is 6.23. The third kappa shape index (κ3) is 3.68. The average molecular weight is 301 g/mol. The number of rotatable bonds is 5. The van der Waals surface area contributed by atoms with Crippen LogP contribution in [0.2, 0.25) is 0 Å². The summed E-state index contributed by atoms with van der Waals surface area (Å²) in [6.07, 6.45) is 3.80. The predicted molar refractivity (Wildman–Crippen MR) is 83.8 cm³/mol. The summed E-state index contributed by atoms with van der Waals surface area (Å²) in [5.41, 5.74) is 1.15. The van der Waals surface area contributed by atoms with E-state index in [4.69, 9.17) is 0 Å². The van der Waals surface area contributed by atoms with Crippen molar-refractivity contribution in [1.29, 1.82) is 0 Å². The number of carbonyl (C=O) groups excluding carboxylic acids is 1. The minimum Gasteiger partial charge on any atom is -0.330 e. The van der Waals surface area contributed by atoms with Gasteiger partial charge in [-0.1, -0.05) is 30.3 Å². The summed E-state index contributed by atoms with van der Waals surface area (Å²) >= 11 is 1.60. The number of nitrogens with one attached hydrogen (secondary N) is 1. The normalized spacial score (nSPS) is 17.8. The minimum absolute atomic E-state index is 0.0336. The number of nitrogens with zero attached hydrogens (tertiary/aromatic N) is 2. The number of hydrogen-bond acceptors (Lipinski definition) is 4. The maximum Gasteiger partial charge on any atom is 0.240 e. The Morgan fingerprint density at radius 3 is 2.86 bits per heavy atom. The van der Waals surface area contributed by atoms with Crippen LogP contribution in [-0.2, 0) is 17.9 Å². The highest BCUT2D eigenvalue weighted by Gasteiger charge is 2.27. The molecule has 2 heterocycles. The maximum atomic E-state index is 12.7. The SMILES string of the molecule is O=C(C1CCCN1)N(Cc1ccccc1)Cc1nccs1. The summed E-state index contributed by atoms with van der Waals surface area (Å²) < 4.78 is 0. The van der Waals surface area contributed by atoms with Crippen LogP contribution >= 0.6 is 11.3 Å². The standard InChI is InChI=1S/C16H19N3OS/c20-16(14-7-4-8-17-14)19(12-15-18-9-10-21-15)11-13-5-2-1-3-6-13/h1-3,5-6,9-10,14,17H,4,7-8,11-12H2. The molecule has 0 aliphatic carbocycles. The lowest BCUT2D eigenvalue weighted by Gasteiger charge is -2.25. The van der Waals surface area contributed by atoms with Gasteiger partial charge in [0, 0.05) is 18.1 Å². The molecule has 3 rings (SSSR count). The van der Waals surface area contributed by atoms with Crippen molar-refractivity contribution in [3.8, 4) is 0 Å². The third-order valence-corrected chi connectivity index (χ3v) is 4.46. The molecule has 5 heteroatoms. The van der Waals surface area contributed by atoms with Crippen molar-refractivity contribution in [3.63, 3.8) is 0 Å². The van der Waals surface area contributed by atoms with Crippen LogP contribution in [0.4, 0.5) is 0 Å². The highest BCUT2D eigenvalue weighted by atomic mass is 32.1. The Morgan fingerprint density at radius 2 is 2.19 bits per heavy atom. The summed E-state index contributed by atoms with van der Waals surface area (Å²) in [5.74, 6) is 0.187. The molecule has 1 atom stereocenters. The highest BCUT2D eigenvalue weighted by Crippen LogP contribution is 2.16. The van der Waals surface area contributed by atoms with Crippen LogP contribution in [0.3, 0.4) is 0 Å². The quantitative estimate of drug-likeness (QED) is 0.922. The number of amides is 1. The molecule has 4 nitrogen and oxygen atoms in total. The first-order chi connectivity index (χ1) is 10.3. The molecule has 1 aromatic carbocycles. The molecule has 1 aliphatic heterocycles. The molecule has 1 fully saturated rings. The van der Waals surface area contributed by atoms with Gasteiger partial charge in [0.15, 0.2) is 0 Å². The molecule has 0 radical (unpaired) electrons. The van der Waals surface area contributed by atoms with Gasteiger partial charge in [-0.25, -0.2) is 4.98 Å². The van der Waals surface area contributed by atoms with E-state index in [1.807, 2.05) is 28.5 Å². The summed E-state index contributed by atoms with van der Waals surface area (Å²) in [6.45, 7) is 2.16. The molecule has 0 bridgehead atoms. The Hall–Kier alpha value is -1.72. The Labute approximate surface area is 128 Å². The number of hydrogen-bond donors (Lipinski definition) is 1. The number of benzene rings is 1. The third-order valence-electron chi connectivity index (χ3n) is 3.70. The molecule has 110 valence electrons. The Morgan fingerprint density at radius 1 is 1.33 bits per heavy atom. The molecular weight excluding hydrogens is 282 g/mol. The molecule has 1 amide bonds. The van der Waals surface area contributed by atoms with Crippen molar-refractivity contribution >= 4 is 17.2 Å². The smallest absolute Gasteiger partial charge is 0.240 e. The Balaban J connectivity index is 1.74. The van der Waals surface area contributed by atoms with Gasteiger partial charge in [0.1, 0.15) is 5.01 Å². The Bertz CT molecular complexity index is 564. The number of carbonyl (C=O) groups is 1. The summed E-state index contributed by atoms with van der Waals surface area (Å²) in [7, 11) is 0. The molecule has 21 heavy (non-hydrogen) atoms. The van der Waals surface area contributed by atoms with E-state index in [1.165, 1.54) is 0 Å². The molecule has 1 aromatic heterocycles. The van der Waals surface area contributed by atoms with E-state index in [9.17, 15) is 4.79 Å². The first-order valence-corrected chi connectivity index (χ1v) is 8.15. The van der Waals surface area contributed by atoms with Crippen LogP contribution < -0.4 is 5.32 Å². The van der Waals surface area contributed by atoms with Crippen molar-refractivity contribution in [2.45, 2.75) is 32.0 Å².